The lowest BCUT2D eigenvalue weighted by Gasteiger charge is -2.36. The summed E-state index contributed by atoms with van der Waals surface area (Å²) in [6, 6.07) is 7.58. The first-order valence-electron chi connectivity index (χ1n) is 10.3. The van der Waals surface area contributed by atoms with E-state index in [2.05, 4.69) is 0 Å². The predicted octanol–water partition coefficient (Wildman–Crippen LogP) is 1.68. The standard InChI is InChI=1S/C21H28N4O3/c1-2-24-17-9-5-6-10-18(17)25(21(24)28)15-19(26)22-11-13-23(14-12-22)20(27)16-7-3-4-8-16/h5-6,9-10,16H,2-4,7-8,11-15H2,1H3. The Morgan fingerprint density at radius 1 is 0.929 bits per heavy atom. The van der Waals surface area contributed by atoms with Crippen molar-refractivity contribution in [1.82, 2.24) is 18.9 Å². The number of imidazole rings is 1. The summed E-state index contributed by atoms with van der Waals surface area (Å²) in [6.45, 7) is 4.81. The fourth-order valence-corrected chi connectivity index (χ4v) is 4.57. The number of nitrogens with zero attached hydrogens (tertiary/aromatic N) is 4. The van der Waals surface area contributed by atoms with Crippen LogP contribution in [-0.2, 0) is 22.7 Å². The monoisotopic (exact) mass is 384 g/mol. The van der Waals surface area contributed by atoms with Crippen molar-refractivity contribution in [1.29, 1.82) is 0 Å². The van der Waals surface area contributed by atoms with Gasteiger partial charge < -0.3 is 9.80 Å². The Hall–Kier alpha value is -2.57. The van der Waals surface area contributed by atoms with E-state index in [4.69, 9.17) is 0 Å². The fourth-order valence-electron chi connectivity index (χ4n) is 4.57. The molecule has 0 N–H and O–H groups in total. The summed E-state index contributed by atoms with van der Waals surface area (Å²) >= 11 is 0. The zero-order valence-corrected chi connectivity index (χ0v) is 16.5. The van der Waals surface area contributed by atoms with Crippen LogP contribution >= 0.6 is 0 Å². The number of rotatable bonds is 4. The Morgan fingerprint density at radius 2 is 1.50 bits per heavy atom. The zero-order valence-electron chi connectivity index (χ0n) is 16.5. The average molecular weight is 384 g/mol. The normalized spacial score (nSPS) is 18.2. The Kier molecular flexibility index (Phi) is 5.24. The SMILES string of the molecule is CCn1c(=O)n(CC(=O)N2CCN(C(=O)C3CCCC3)CC2)c2ccccc21. The van der Waals surface area contributed by atoms with Gasteiger partial charge in [0.25, 0.3) is 0 Å². The number of para-hydroxylation sites is 2. The highest BCUT2D eigenvalue weighted by Gasteiger charge is 2.30. The minimum Gasteiger partial charge on any atom is -0.339 e. The van der Waals surface area contributed by atoms with Gasteiger partial charge >= 0.3 is 5.69 Å². The summed E-state index contributed by atoms with van der Waals surface area (Å²) in [4.78, 5) is 41.8. The van der Waals surface area contributed by atoms with Crippen LogP contribution in [0.1, 0.15) is 32.6 Å². The highest BCUT2D eigenvalue weighted by molar-refractivity contribution is 5.82. The van der Waals surface area contributed by atoms with Crippen LogP contribution in [0.5, 0.6) is 0 Å². The lowest BCUT2D eigenvalue weighted by atomic mass is 10.1. The molecule has 28 heavy (non-hydrogen) atoms. The molecule has 1 aliphatic carbocycles. The van der Waals surface area contributed by atoms with Gasteiger partial charge in [-0.25, -0.2) is 4.79 Å². The molecule has 0 spiro atoms. The smallest absolute Gasteiger partial charge is 0.329 e. The van der Waals surface area contributed by atoms with Crippen molar-refractivity contribution in [2.24, 2.45) is 5.92 Å². The molecule has 150 valence electrons. The number of aromatic nitrogens is 2. The summed E-state index contributed by atoms with van der Waals surface area (Å²) in [5.41, 5.74) is 1.50. The van der Waals surface area contributed by atoms with Crippen LogP contribution in [-0.4, -0.2) is 56.9 Å². The number of piperazine rings is 1. The molecule has 0 bridgehead atoms. The number of hydrogen-bond acceptors (Lipinski definition) is 3. The number of carbonyl (C=O) groups is 2. The van der Waals surface area contributed by atoms with Crippen LogP contribution in [0.25, 0.3) is 11.0 Å². The van der Waals surface area contributed by atoms with Crippen molar-refractivity contribution in [2.75, 3.05) is 26.2 Å². The van der Waals surface area contributed by atoms with Gasteiger partial charge in [-0.15, -0.1) is 0 Å². The molecule has 2 aromatic rings. The van der Waals surface area contributed by atoms with Crippen molar-refractivity contribution in [3.63, 3.8) is 0 Å². The molecule has 1 saturated carbocycles. The molecule has 1 saturated heterocycles. The van der Waals surface area contributed by atoms with Gasteiger partial charge in [0.2, 0.25) is 11.8 Å². The van der Waals surface area contributed by atoms with E-state index < -0.39 is 0 Å². The van der Waals surface area contributed by atoms with E-state index in [1.807, 2.05) is 36.1 Å². The van der Waals surface area contributed by atoms with Crippen LogP contribution in [0.4, 0.5) is 0 Å². The number of amides is 2. The molecule has 2 amide bonds. The van der Waals surface area contributed by atoms with Gasteiger partial charge in [0, 0.05) is 38.6 Å². The summed E-state index contributed by atoms with van der Waals surface area (Å²) < 4.78 is 3.26. The third-order valence-corrected chi connectivity index (χ3v) is 6.18. The maximum Gasteiger partial charge on any atom is 0.329 e. The maximum atomic E-state index is 12.8. The van der Waals surface area contributed by atoms with Gasteiger partial charge in [-0.1, -0.05) is 25.0 Å². The fraction of sp³-hybridized carbons (Fsp3) is 0.571. The minimum atomic E-state index is -0.146. The van der Waals surface area contributed by atoms with Crippen LogP contribution < -0.4 is 5.69 Å². The molecule has 1 aliphatic heterocycles. The van der Waals surface area contributed by atoms with Gasteiger partial charge in [-0.3, -0.25) is 18.7 Å². The summed E-state index contributed by atoms with van der Waals surface area (Å²) in [7, 11) is 0. The number of aryl methyl sites for hydroxylation is 1. The van der Waals surface area contributed by atoms with E-state index in [0.29, 0.717) is 32.7 Å². The average Bonchev–Trinajstić information content (AvgIpc) is 3.35. The lowest BCUT2D eigenvalue weighted by Crippen LogP contribution is -2.52. The molecular formula is C21H28N4O3. The Morgan fingerprint density at radius 3 is 2.11 bits per heavy atom. The Labute approximate surface area is 164 Å². The zero-order chi connectivity index (χ0) is 19.7. The third-order valence-electron chi connectivity index (χ3n) is 6.18. The molecule has 2 aliphatic rings. The minimum absolute atomic E-state index is 0.0446. The van der Waals surface area contributed by atoms with E-state index in [1.165, 1.54) is 0 Å². The van der Waals surface area contributed by atoms with E-state index in [-0.39, 0.29) is 30.0 Å². The van der Waals surface area contributed by atoms with Crippen molar-refractivity contribution < 1.29 is 9.59 Å². The van der Waals surface area contributed by atoms with Gasteiger partial charge in [0.15, 0.2) is 0 Å². The summed E-state index contributed by atoms with van der Waals surface area (Å²) in [5, 5.41) is 0. The lowest BCUT2D eigenvalue weighted by molar-refractivity contribution is -0.142. The molecule has 7 heteroatoms. The molecule has 7 nitrogen and oxygen atoms in total. The Balaban J connectivity index is 1.43. The summed E-state index contributed by atoms with van der Waals surface area (Å²) in [6.07, 6.45) is 4.30. The van der Waals surface area contributed by atoms with Gasteiger partial charge in [-0.2, -0.15) is 0 Å². The van der Waals surface area contributed by atoms with E-state index in [0.717, 1.165) is 36.7 Å². The van der Waals surface area contributed by atoms with E-state index >= 15 is 0 Å². The van der Waals surface area contributed by atoms with Crippen molar-refractivity contribution >= 4 is 22.8 Å². The molecule has 0 atom stereocenters. The predicted molar refractivity (Wildman–Crippen MR) is 107 cm³/mol. The van der Waals surface area contributed by atoms with E-state index in [1.54, 1.807) is 14.0 Å². The second kappa shape index (κ2) is 7.81. The quantitative estimate of drug-likeness (QED) is 0.806. The van der Waals surface area contributed by atoms with E-state index in [9.17, 15) is 14.4 Å². The van der Waals surface area contributed by atoms with Crippen LogP contribution in [0.3, 0.4) is 0 Å². The Bertz CT molecular complexity index is 931. The largest absolute Gasteiger partial charge is 0.339 e. The summed E-state index contributed by atoms with van der Waals surface area (Å²) in [5.74, 6) is 0.377. The van der Waals surface area contributed by atoms with Gasteiger partial charge in [-0.05, 0) is 31.9 Å². The van der Waals surface area contributed by atoms with Gasteiger partial charge in [0.05, 0.1) is 11.0 Å². The number of hydrogen-bond donors (Lipinski definition) is 0. The van der Waals surface area contributed by atoms with Crippen molar-refractivity contribution in [3.8, 4) is 0 Å². The first-order valence-corrected chi connectivity index (χ1v) is 10.3. The molecule has 2 heterocycles. The molecule has 2 fully saturated rings. The van der Waals surface area contributed by atoms with Crippen LogP contribution in [0.15, 0.2) is 29.1 Å². The van der Waals surface area contributed by atoms with Gasteiger partial charge in [0.1, 0.15) is 6.54 Å². The maximum absolute atomic E-state index is 12.8. The first kappa shape index (κ1) is 18.8. The molecule has 1 aromatic heterocycles. The highest BCUT2D eigenvalue weighted by atomic mass is 16.2. The highest BCUT2D eigenvalue weighted by Crippen LogP contribution is 2.27. The van der Waals surface area contributed by atoms with Crippen molar-refractivity contribution in [3.05, 3.63) is 34.7 Å². The number of fused-ring (bicyclic) bond motifs is 1. The molecular weight excluding hydrogens is 356 g/mol. The second-order valence-corrected chi connectivity index (χ2v) is 7.79. The third kappa shape index (κ3) is 3.34. The number of benzene rings is 1. The second-order valence-electron chi connectivity index (χ2n) is 7.79. The first-order chi connectivity index (χ1) is 13.6. The molecule has 4 rings (SSSR count). The molecule has 1 aromatic carbocycles. The molecule has 0 radical (unpaired) electrons. The van der Waals surface area contributed by atoms with Crippen LogP contribution in [0.2, 0.25) is 0 Å². The van der Waals surface area contributed by atoms with Crippen LogP contribution in [0, 0.1) is 5.92 Å². The van der Waals surface area contributed by atoms with Crippen molar-refractivity contribution in [2.45, 2.75) is 45.7 Å². The topological polar surface area (TPSA) is 67.6 Å². The molecule has 0 unspecified atom stereocenters. The number of carbonyl (C=O) groups excluding carboxylic acids is 2.